The second kappa shape index (κ2) is 7.63. The van der Waals surface area contributed by atoms with E-state index in [1.54, 1.807) is 0 Å². The molecule has 0 fully saturated rings. The minimum absolute atomic E-state index is 0.143. The molecule has 2 nitrogen and oxygen atoms in total. The molecule has 0 aliphatic heterocycles. The Morgan fingerprint density at radius 2 is 1.76 bits per heavy atom. The maximum atomic E-state index is 12.3. The van der Waals surface area contributed by atoms with Crippen LogP contribution >= 0.6 is 0 Å². The molecule has 0 aliphatic rings. The van der Waals surface area contributed by atoms with Gasteiger partial charge >= 0.3 is 0 Å². The van der Waals surface area contributed by atoms with Gasteiger partial charge in [-0.1, -0.05) is 37.6 Å². The van der Waals surface area contributed by atoms with Gasteiger partial charge < -0.3 is 4.74 Å². The largest absolute Gasteiger partial charge is 0.494 e. The molecule has 0 radical (unpaired) electrons. The highest BCUT2D eigenvalue weighted by Gasteiger charge is 2.08. The van der Waals surface area contributed by atoms with E-state index in [0.717, 1.165) is 41.9 Å². The number of benzene rings is 2. The second-order valence-corrected chi connectivity index (χ2v) is 5.25. The highest BCUT2D eigenvalue weighted by molar-refractivity contribution is 5.97. The quantitative estimate of drug-likeness (QED) is 0.548. The van der Waals surface area contributed by atoms with Crippen LogP contribution in [0.3, 0.4) is 0 Å². The van der Waals surface area contributed by atoms with Crippen molar-refractivity contribution < 1.29 is 9.53 Å². The summed E-state index contributed by atoms with van der Waals surface area (Å²) in [6, 6.07) is 15.5. The molecule has 0 aliphatic carbocycles. The van der Waals surface area contributed by atoms with Crippen molar-refractivity contribution in [3.05, 3.63) is 65.2 Å². The van der Waals surface area contributed by atoms with Gasteiger partial charge in [0.1, 0.15) is 5.75 Å². The van der Waals surface area contributed by atoms with Crippen LogP contribution in [-0.2, 0) is 6.42 Å². The van der Waals surface area contributed by atoms with E-state index in [9.17, 15) is 4.79 Å². The Morgan fingerprint density at radius 3 is 2.43 bits per heavy atom. The standard InChI is InChI=1S/C19H22O2/c1-3-4-13-21-18-11-9-16(10-12-18)19(20)14-17-8-6-5-7-15(17)2/h5-12H,3-4,13-14H2,1-2H3. The third kappa shape index (κ3) is 4.45. The van der Waals surface area contributed by atoms with Gasteiger partial charge in [-0.25, -0.2) is 0 Å². The Bertz CT molecular complexity index is 585. The molecular weight excluding hydrogens is 260 g/mol. The zero-order chi connectivity index (χ0) is 15.1. The highest BCUT2D eigenvalue weighted by atomic mass is 16.5. The van der Waals surface area contributed by atoms with Gasteiger partial charge in [-0.3, -0.25) is 4.79 Å². The molecule has 0 spiro atoms. The lowest BCUT2D eigenvalue weighted by Gasteiger charge is -2.07. The average molecular weight is 282 g/mol. The summed E-state index contributed by atoms with van der Waals surface area (Å²) >= 11 is 0. The average Bonchev–Trinajstić information content (AvgIpc) is 2.50. The van der Waals surface area contributed by atoms with Crippen molar-refractivity contribution in [3.8, 4) is 5.75 Å². The van der Waals surface area contributed by atoms with Crippen LogP contribution in [0.1, 0.15) is 41.3 Å². The third-order valence-corrected chi connectivity index (χ3v) is 3.56. The van der Waals surface area contributed by atoms with Crippen LogP contribution in [0.15, 0.2) is 48.5 Å². The molecule has 2 aromatic carbocycles. The zero-order valence-electron chi connectivity index (χ0n) is 12.8. The molecule has 0 atom stereocenters. The Kier molecular flexibility index (Phi) is 5.56. The normalized spacial score (nSPS) is 10.4. The van der Waals surface area contributed by atoms with Crippen molar-refractivity contribution in [1.29, 1.82) is 0 Å². The molecule has 2 aromatic rings. The first-order valence-corrected chi connectivity index (χ1v) is 7.51. The Hall–Kier alpha value is -2.09. The van der Waals surface area contributed by atoms with Crippen LogP contribution in [0, 0.1) is 6.92 Å². The fourth-order valence-corrected chi connectivity index (χ4v) is 2.15. The molecule has 0 saturated heterocycles. The highest BCUT2D eigenvalue weighted by Crippen LogP contribution is 2.16. The lowest BCUT2D eigenvalue weighted by Crippen LogP contribution is -2.05. The fourth-order valence-electron chi connectivity index (χ4n) is 2.15. The summed E-state index contributed by atoms with van der Waals surface area (Å²) in [6.07, 6.45) is 2.61. The van der Waals surface area contributed by atoms with E-state index in [2.05, 4.69) is 6.92 Å². The fraction of sp³-hybridized carbons (Fsp3) is 0.316. The van der Waals surface area contributed by atoms with E-state index in [4.69, 9.17) is 4.74 Å². The monoisotopic (exact) mass is 282 g/mol. The van der Waals surface area contributed by atoms with Gasteiger partial charge in [0.05, 0.1) is 6.61 Å². The van der Waals surface area contributed by atoms with Gasteiger partial charge in [-0.15, -0.1) is 0 Å². The molecule has 0 amide bonds. The molecule has 2 heteroatoms. The van der Waals surface area contributed by atoms with Gasteiger partial charge in [0, 0.05) is 12.0 Å². The van der Waals surface area contributed by atoms with Crippen LogP contribution in [0.4, 0.5) is 0 Å². The number of unbranched alkanes of at least 4 members (excludes halogenated alkanes) is 1. The van der Waals surface area contributed by atoms with Crippen molar-refractivity contribution in [2.75, 3.05) is 6.61 Å². The predicted molar refractivity (Wildman–Crippen MR) is 86.1 cm³/mol. The van der Waals surface area contributed by atoms with Gasteiger partial charge in [-0.05, 0) is 48.7 Å². The van der Waals surface area contributed by atoms with E-state index in [1.165, 1.54) is 0 Å². The number of carbonyl (C=O) groups excluding carboxylic acids is 1. The van der Waals surface area contributed by atoms with Crippen LogP contribution in [0.5, 0.6) is 5.75 Å². The molecule has 110 valence electrons. The molecular formula is C19H22O2. The van der Waals surface area contributed by atoms with Gasteiger partial charge in [0.2, 0.25) is 0 Å². The third-order valence-electron chi connectivity index (χ3n) is 3.56. The molecule has 0 heterocycles. The van der Waals surface area contributed by atoms with Crippen LogP contribution < -0.4 is 4.74 Å². The topological polar surface area (TPSA) is 26.3 Å². The SMILES string of the molecule is CCCCOc1ccc(C(=O)Cc2ccccc2C)cc1. The van der Waals surface area contributed by atoms with Crippen molar-refractivity contribution in [2.45, 2.75) is 33.1 Å². The molecule has 2 rings (SSSR count). The Balaban J connectivity index is 1.98. The Labute approximate surface area is 126 Å². The van der Waals surface area contributed by atoms with Crippen molar-refractivity contribution in [2.24, 2.45) is 0 Å². The molecule has 21 heavy (non-hydrogen) atoms. The number of carbonyl (C=O) groups is 1. The first kappa shape index (κ1) is 15.3. The zero-order valence-corrected chi connectivity index (χ0v) is 12.8. The number of hydrogen-bond donors (Lipinski definition) is 0. The smallest absolute Gasteiger partial charge is 0.167 e. The summed E-state index contributed by atoms with van der Waals surface area (Å²) in [5.41, 5.74) is 2.98. The summed E-state index contributed by atoms with van der Waals surface area (Å²) in [6.45, 7) is 4.90. The number of hydrogen-bond acceptors (Lipinski definition) is 2. The summed E-state index contributed by atoms with van der Waals surface area (Å²) in [5.74, 6) is 0.972. The van der Waals surface area contributed by atoms with Crippen molar-refractivity contribution in [1.82, 2.24) is 0 Å². The molecule has 0 N–H and O–H groups in total. The maximum absolute atomic E-state index is 12.3. The van der Waals surface area contributed by atoms with Crippen LogP contribution in [0.25, 0.3) is 0 Å². The van der Waals surface area contributed by atoms with Crippen molar-refractivity contribution >= 4 is 5.78 Å². The lowest BCUT2D eigenvalue weighted by molar-refractivity contribution is 0.0992. The van der Waals surface area contributed by atoms with Gasteiger partial charge in [0.15, 0.2) is 5.78 Å². The predicted octanol–water partition coefficient (Wildman–Crippen LogP) is 4.60. The second-order valence-electron chi connectivity index (χ2n) is 5.25. The van der Waals surface area contributed by atoms with Gasteiger partial charge in [-0.2, -0.15) is 0 Å². The Morgan fingerprint density at radius 1 is 1.05 bits per heavy atom. The number of rotatable bonds is 7. The summed E-state index contributed by atoms with van der Waals surface area (Å²) in [5, 5.41) is 0. The minimum atomic E-state index is 0.143. The van der Waals surface area contributed by atoms with Crippen LogP contribution in [-0.4, -0.2) is 12.4 Å². The number of ketones is 1. The summed E-state index contributed by atoms with van der Waals surface area (Å²) in [4.78, 5) is 12.3. The van der Waals surface area contributed by atoms with E-state index in [-0.39, 0.29) is 5.78 Å². The first-order valence-electron chi connectivity index (χ1n) is 7.51. The summed E-state index contributed by atoms with van der Waals surface area (Å²) < 4.78 is 5.61. The lowest BCUT2D eigenvalue weighted by atomic mass is 9.99. The maximum Gasteiger partial charge on any atom is 0.167 e. The van der Waals surface area contributed by atoms with Crippen molar-refractivity contribution in [3.63, 3.8) is 0 Å². The van der Waals surface area contributed by atoms with Crippen LogP contribution in [0.2, 0.25) is 0 Å². The minimum Gasteiger partial charge on any atom is -0.494 e. The number of Topliss-reactive ketones (excluding diaryl/α,β-unsaturated/α-hetero) is 1. The van der Waals surface area contributed by atoms with E-state index in [0.29, 0.717) is 6.42 Å². The van der Waals surface area contributed by atoms with E-state index in [1.807, 2.05) is 55.5 Å². The molecule has 0 unspecified atom stereocenters. The van der Waals surface area contributed by atoms with E-state index < -0.39 is 0 Å². The van der Waals surface area contributed by atoms with E-state index >= 15 is 0 Å². The molecule has 0 bridgehead atoms. The first-order chi connectivity index (χ1) is 10.2. The number of ether oxygens (including phenoxy) is 1. The molecule has 0 saturated carbocycles. The molecule has 0 aromatic heterocycles. The number of aryl methyl sites for hydroxylation is 1. The summed E-state index contributed by atoms with van der Waals surface area (Å²) in [7, 11) is 0. The van der Waals surface area contributed by atoms with Gasteiger partial charge in [0.25, 0.3) is 0 Å².